The van der Waals surface area contributed by atoms with Gasteiger partial charge in [0, 0.05) is 42.5 Å². The molecule has 1 aliphatic carbocycles. The number of halogens is 1. The van der Waals surface area contributed by atoms with Gasteiger partial charge in [-0.3, -0.25) is 0 Å². The van der Waals surface area contributed by atoms with E-state index >= 15 is 0 Å². The average Bonchev–Trinajstić information content (AvgIpc) is 3.20. The Hall–Kier alpha value is -0.770. The van der Waals surface area contributed by atoms with Gasteiger partial charge in [0.1, 0.15) is 0 Å². The highest BCUT2D eigenvalue weighted by atomic mass is 35.5. The van der Waals surface area contributed by atoms with Crippen LogP contribution in [0.2, 0.25) is 5.02 Å². The molecule has 0 unspecified atom stereocenters. The number of nitrogens with one attached hydrogen (secondary N) is 1. The van der Waals surface area contributed by atoms with Crippen molar-refractivity contribution in [1.82, 2.24) is 10.2 Å². The van der Waals surface area contributed by atoms with Crippen molar-refractivity contribution in [2.24, 2.45) is 0 Å². The van der Waals surface area contributed by atoms with Crippen LogP contribution < -0.4 is 10.2 Å². The van der Waals surface area contributed by atoms with Gasteiger partial charge in [-0.25, -0.2) is 0 Å². The first-order valence-electron chi connectivity index (χ1n) is 7.44. The van der Waals surface area contributed by atoms with E-state index in [0.717, 1.165) is 31.1 Å². The molecule has 20 heavy (non-hydrogen) atoms. The van der Waals surface area contributed by atoms with E-state index in [1.54, 1.807) is 0 Å². The van der Waals surface area contributed by atoms with Crippen LogP contribution in [0.15, 0.2) is 18.2 Å². The Labute approximate surface area is 127 Å². The van der Waals surface area contributed by atoms with Crippen LogP contribution in [-0.2, 0) is 6.54 Å². The number of benzene rings is 1. The third kappa shape index (κ3) is 4.65. The fraction of sp³-hybridized carbons (Fsp3) is 0.625. The van der Waals surface area contributed by atoms with Gasteiger partial charge in [-0.2, -0.15) is 0 Å². The van der Waals surface area contributed by atoms with Crippen molar-refractivity contribution in [3.05, 3.63) is 28.8 Å². The van der Waals surface area contributed by atoms with E-state index in [1.807, 2.05) is 12.1 Å². The average molecular weight is 296 g/mol. The molecule has 0 atom stereocenters. The SMILES string of the molecule is CN(C)CCCN(C)c1cccc(Cl)c1CNC1CC1. The minimum absolute atomic E-state index is 0.707. The van der Waals surface area contributed by atoms with Gasteiger partial charge >= 0.3 is 0 Å². The Balaban J connectivity index is 1.98. The first-order chi connectivity index (χ1) is 9.58. The van der Waals surface area contributed by atoms with E-state index < -0.39 is 0 Å². The molecule has 4 heteroatoms. The Morgan fingerprint density at radius 2 is 1.95 bits per heavy atom. The Morgan fingerprint density at radius 1 is 1.20 bits per heavy atom. The standard InChI is InChI=1S/C16H26ClN3/c1-19(2)10-5-11-20(3)16-7-4-6-15(17)14(16)12-18-13-8-9-13/h4,6-7,13,18H,5,8-12H2,1-3H3. The summed E-state index contributed by atoms with van der Waals surface area (Å²) < 4.78 is 0. The molecule has 1 aliphatic rings. The van der Waals surface area contributed by atoms with Crippen molar-refractivity contribution in [3.8, 4) is 0 Å². The lowest BCUT2D eigenvalue weighted by Crippen LogP contribution is -2.25. The maximum absolute atomic E-state index is 6.39. The van der Waals surface area contributed by atoms with Crippen molar-refractivity contribution in [2.45, 2.75) is 31.8 Å². The van der Waals surface area contributed by atoms with Crippen LogP contribution in [0.5, 0.6) is 0 Å². The van der Waals surface area contributed by atoms with Crippen LogP contribution >= 0.6 is 11.6 Å². The van der Waals surface area contributed by atoms with Crippen LogP contribution in [0.25, 0.3) is 0 Å². The minimum atomic E-state index is 0.707. The molecule has 0 amide bonds. The summed E-state index contributed by atoms with van der Waals surface area (Å²) in [5.74, 6) is 0. The summed E-state index contributed by atoms with van der Waals surface area (Å²) in [7, 11) is 6.39. The van der Waals surface area contributed by atoms with Crippen LogP contribution in [0.1, 0.15) is 24.8 Å². The second kappa shape index (κ2) is 7.30. The molecular weight excluding hydrogens is 270 g/mol. The molecule has 0 aliphatic heterocycles. The lowest BCUT2D eigenvalue weighted by molar-refractivity contribution is 0.401. The van der Waals surface area contributed by atoms with Gasteiger partial charge in [-0.05, 0) is 52.0 Å². The monoisotopic (exact) mass is 295 g/mol. The van der Waals surface area contributed by atoms with Crippen molar-refractivity contribution >= 4 is 17.3 Å². The molecule has 1 aromatic carbocycles. The predicted molar refractivity (Wildman–Crippen MR) is 87.8 cm³/mol. The molecule has 1 N–H and O–H groups in total. The summed E-state index contributed by atoms with van der Waals surface area (Å²) in [6.45, 7) is 3.03. The molecule has 2 rings (SSSR count). The molecule has 0 spiro atoms. The van der Waals surface area contributed by atoms with E-state index in [4.69, 9.17) is 11.6 Å². The first kappa shape index (κ1) is 15.6. The molecule has 0 bridgehead atoms. The molecule has 0 radical (unpaired) electrons. The molecule has 3 nitrogen and oxygen atoms in total. The fourth-order valence-electron chi connectivity index (χ4n) is 2.36. The lowest BCUT2D eigenvalue weighted by atomic mass is 10.1. The molecular formula is C16H26ClN3. The van der Waals surface area contributed by atoms with E-state index in [2.05, 4.69) is 42.3 Å². The van der Waals surface area contributed by atoms with E-state index in [0.29, 0.717) is 6.04 Å². The summed E-state index contributed by atoms with van der Waals surface area (Å²) in [4.78, 5) is 4.54. The number of rotatable bonds is 8. The zero-order valence-electron chi connectivity index (χ0n) is 12.8. The summed E-state index contributed by atoms with van der Waals surface area (Å²) in [5.41, 5.74) is 2.48. The normalized spacial score (nSPS) is 14.8. The molecule has 112 valence electrons. The van der Waals surface area contributed by atoms with Crippen LogP contribution in [0.3, 0.4) is 0 Å². The zero-order valence-corrected chi connectivity index (χ0v) is 13.6. The molecule has 1 fully saturated rings. The van der Waals surface area contributed by atoms with E-state index in [1.165, 1.54) is 24.1 Å². The van der Waals surface area contributed by atoms with Crippen molar-refractivity contribution in [2.75, 3.05) is 39.1 Å². The van der Waals surface area contributed by atoms with Gasteiger partial charge < -0.3 is 15.1 Å². The highest BCUT2D eigenvalue weighted by Crippen LogP contribution is 2.28. The van der Waals surface area contributed by atoms with E-state index in [9.17, 15) is 0 Å². The third-order valence-corrected chi connectivity index (χ3v) is 4.10. The van der Waals surface area contributed by atoms with Crippen LogP contribution in [0, 0.1) is 0 Å². The summed E-state index contributed by atoms with van der Waals surface area (Å²) in [6, 6.07) is 6.91. The number of nitrogens with zero attached hydrogens (tertiary/aromatic N) is 2. The maximum Gasteiger partial charge on any atom is 0.0471 e. The number of hydrogen-bond donors (Lipinski definition) is 1. The van der Waals surface area contributed by atoms with Gasteiger partial charge in [0.2, 0.25) is 0 Å². The Kier molecular flexibility index (Phi) is 5.70. The summed E-state index contributed by atoms with van der Waals surface area (Å²) in [6.07, 6.45) is 3.77. The van der Waals surface area contributed by atoms with Crippen LogP contribution in [0.4, 0.5) is 5.69 Å². The topological polar surface area (TPSA) is 18.5 Å². The molecule has 0 heterocycles. The fourth-order valence-corrected chi connectivity index (χ4v) is 2.59. The zero-order chi connectivity index (χ0) is 14.5. The Bertz CT molecular complexity index is 430. The first-order valence-corrected chi connectivity index (χ1v) is 7.82. The quantitative estimate of drug-likeness (QED) is 0.795. The van der Waals surface area contributed by atoms with Gasteiger partial charge in [0.05, 0.1) is 0 Å². The molecule has 1 saturated carbocycles. The Morgan fingerprint density at radius 3 is 2.60 bits per heavy atom. The van der Waals surface area contributed by atoms with Crippen molar-refractivity contribution < 1.29 is 0 Å². The highest BCUT2D eigenvalue weighted by Gasteiger charge is 2.21. The molecule has 0 saturated heterocycles. The van der Waals surface area contributed by atoms with Crippen molar-refractivity contribution in [1.29, 1.82) is 0 Å². The number of hydrogen-bond acceptors (Lipinski definition) is 3. The third-order valence-electron chi connectivity index (χ3n) is 3.75. The summed E-state index contributed by atoms with van der Waals surface area (Å²) >= 11 is 6.39. The smallest absolute Gasteiger partial charge is 0.0471 e. The maximum atomic E-state index is 6.39. The second-order valence-corrected chi connectivity index (χ2v) is 6.38. The van der Waals surface area contributed by atoms with Crippen LogP contribution in [-0.4, -0.2) is 45.2 Å². The largest absolute Gasteiger partial charge is 0.374 e. The van der Waals surface area contributed by atoms with Gasteiger partial charge in [-0.15, -0.1) is 0 Å². The molecule has 0 aromatic heterocycles. The van der Waals surface area contributed by atoms with Gasteiger partial charge in [0.25, 0.3) is 0 Å². The number of anilines is 1. The lowest BCUT2D eigenvalue weighted by Gasteiger charge is -2.24. The van der Waals surface area contributed by atoms with Gasteiger partial charge in [-0.1, -0.05) is 17.7 Å². The van der Waals surface area contributed by atoms with Gasteiger partial charge in [0.15, 0.2) is 0 Å². The second-order valence-electron chi connectivity index (χ2n) is 5.97. The molecule has 1 aromatic rings. The van der Waals surface area contributed by atoms with E-state index in [-0.39, 0.29) is 0 Å². The highest BCUT2D eigenvalue weighted by molar-refractivity contribution is 6.31. The van der Waals surface area contributed by atoms with Crippen molar-refractivity contribution in [3.63, 3.8) is 0 Å². The minimum Gasteiger partial charge on any atom is -0.374 e. The summed E-state index contributed by atoms with van der Waals surface area (Å²) in [5, 5.41) is 4.43. The predicted octanol–water partition coefficient (Wildman–Crippen LogP) is 2.98.